The van der Waals surface area contributed by atoms with Crippen molar-refractivity contribution in [3.8, 4) is 0 Å². The Kier molecular flexibility index (Phi) is 6.26. The summed E-state index contributed by atoms with van der Waals surface area (Å²) >= 11 is 0. The molecule has 0 radical (unpaired) electrons. The normalized spacial score (nSPS) is 25.4. The van der Waals surface area contributed by atoms with E-state index in [1.54, 1.807) is 0 Å². The van der Waals surface area contributed by atoms with Crippen molar-refractivity contribution in [3.05, 3.63) is 0 Å². The molecule has 2 nitrogen and oxygen atoms in total. The van der Waals surface area contributed by atoms with Gasteiger partial charge >= 0.3 is 0 Å². The van der Waals surface area contributed by atoms with E-state index < -0.39 is 0 Å². The van der Waals surface area contributed by atoms with Crippen molar-refractivity contribution in [1.29, 1.82) is 0 Å². The summed E-state index contributed by atoms with van der Waals surface area (Å²) < 4.78 is 0. The van der Waals surface area contributed by atoms with Gasteiger partial charge in [-0.1, -0.05) is 32.6 Å². The van der Waals surface area contributed by atoms with Crippen molar-refractivity contribution in [3.63, 3.8) is 0 Å². The highest BCUT2D eigenvalue weighted by Gasteiger charge is 2.22. The number of hydrogen-bond acceptors (Lipinski definition) is 2. The maximum absolute atomic E-state index is 3.45. The van der Waals surface area contributed by atoms with Crippen molar-refractivity contribution in [2.45, 2.75) is 65.0 Å². The van der Waals surface area contributed by atoms with E-state index in [0.29, 0.717) is 0 Å². The van der Waals surface area contributed by atoms with Crippen LogP contribution < -0.4 is 5.32 Å². The van der Waals surface area contributed by atoms with Crippen LogP contribution in [0.1, 0.15) is 52.9 Å². The molecule has 1 aliphatic rings. The lowest BCUT2D eigenvalue weighted by molar-refractivity contribution is 0.118. The van der Waals surface area contributed by atoms with Crippen molar-refractivity contribution >= 4 is 0 Å². The number of rotatable bonds is 6. The van der Waals surface area contributed by atoms with E-state index in [0.717, 1.165) is 12.1 Å². The molecule has 2 atom stereocenters. The first-order valence-electron chi connectivity index (χ1n) is 6.72. The predicted molar refractivity (Wildman–Crippen MR) is 67.3 cm³/mol. The van der Waals surface area contributed by atoms with Crippen LogP contribution in [0.25, 0.3) is 0 Å². The lowest BCUT2D eigenvalue weighted by Crippen LogP contribution is -2.53. The average Bonchev–Trinajstić information content (AvgIpc) is 2.25. The SMILES string of the molecule is CCCCCC[C@@H](C)N1CCNC[C@@H]1C. The lowest BCUT2D eigenvalue weighted by Gasteiger charge is -2.38. The van der Waals surface area contributed by atoms with Gasteiger partial charge < -0.3 is 5.32 Å². The van der Waals surface area contributed by atoms with Crippen LogP contribution in [0, 0.1) is 0 Å². The molecule has 0 aliphatic carbocycles. The number of piperazine rings is 1. The van der Waals surface area contributed by atoms with Gasteiger partial charge in [0.05, 0.1) is 0 Å². The van der Waals surface area contributed by atoms with Gasteiger partial charge in [-0.05, 0) is 20.3 Å². The molecule has 90 valence electrons. The Bertz CT molecular complexity index is 159. The smallest absolute Gasteiger partial charge is 0.0195 e. The molecule has 0 aromatic heterocycles. The van der Waals surface area contributed by atoms with Crippen molar-refractivity contribution < 1.29 is 0 Å². The highest BCUT2D eigenvalue weighted by atomic mass is 15.2. The van der Waals surface area contributed by atoms with Crippen LogP contribution in [0.15, 0.2) is 0 Å². The van der Waals surface area contributed by atoms with E-state index in [9.17, 15) is 0 Å². The number of nitrogens with one attached hydrogen (secondary N) is 1. The third-order valence-electron chi connectivity index (χ3n) is 3.59. The molecule has 0 aromatic carbocycles. The second-order valence-electron chi connectivity index (χ2n) is 4.99. The first-order chi connectivity index (χ1) is 7.25. The minimum atomic E-state index is 0.722. The minimum Gasteiger partial charge on any atom is -0.314 e. The van der Waals surface area contributed by atoms with Gasteiger partial charge in [-0.15, -0.1) is 0 Å². The number of unbranched alkanes of at least 4 members (excludes halogenated alkanes) is 3. The second-order valence-corrected chi connectivity index (χ2v) is 4.99. The van der Waals surface area contributed by atoms with E-state index in [2.05, 4.69) is 31.0 Å². The maximum atomic E-state index is 3.45. The molecule has 0 aromatic rings. The zero-order valence-corrected chi connectivity index (χ0v) is 10.8. The number of hydrogen-bond donors (Lipinski definition) is 1. The monoisotopic (exact) mass is 212 g/mol. The zero-order valence-electron chi connectivity index (χ0n) is 10.8. The summed E-state index contributed by atoms with van der Waals surface area (Å²) in [5.41, 5.74) is 0. The van der Waals surface area contributed by atoms with Gasteiger partial charge in [0.2, 0.25) is 0 Å². The van der Waals surface area contributed by atoms with Gasteiger partial charge in [0, 0.05) is 31.7 Å². The molecular formula is C13H28N2. The molecule has 1 fully saturated rings. The second kappa shape index (κ2) is 7.24. The number of nitrogens with zero attached hydrogens (tertiary/aromatic N) is 1. The molecule has 1 heterocycles. The van der Waals surface area contributed by atoms with Crippen LogP contribution in [0.2, 0.25) is 0 Å². The summed E-state index contributed by atoms with van der Waals surface area (Å²) in [6, 6.07) is 1.50. The molecule has 2 heteroatoms. The van der Waals surface area contributed by atoms with Crippen LogP contribution in [0.3, 0.4) is 0 Å². The quantitative estimate of drug-likeness (QED) is 0.681. The van der Waals surface area contributed by atoms with Crippen molar-refractivity contribution in [2.75, 3.05) is 19.6 Å². The largest absolute Gasteiger partial charge is 0.314 e. The summed E-state index contributed by atoms with van der Waals surface area (Å²) in [6.45, 7) is 10.6. The van der Waals surface area contributed by atoms with Crippen LogP contribution >= 0.6 is 0 Å². The Morgan fingerprint density at radius 1 is 1.33 bits per heavy atom. The average molecular weight is 212 g/mol. The molecule has 1 saturated heterocycles. The standard InChI is InChI=1S/C13H28N2/c1-4-5-6-7-8-12(2)15-10-9-14-11-13(15)3/h12-14H,4-11H2,1-3H3/t12-,13+/m1/s1. The Balaban J connectivity index is 2.16. The Morgan fingerprint density at radius 3 is 2.80 bits per heavy atom. The molecule has 1 aliphatic heterocycles. The van der Waals surface area contributed by atoms with Crippen LogP contribution in [-0.2, 0) is 0 Å². The fourth-order valence-electron chi connectivity index (χ4n) is 2.54. The van der Waals surface area contributed by atoms with E-state index in [-0.39, 0.29) is 0 Å². The summed E-state index contributed by atoms with van der Waals surface area (Å²) in [4.78, 5) is 2.67. The first kappa shape index (κ1) is 13.0. The summed E-state index contributed by atoms with van der Waals surface area (Å²) in [7, 11) is 0. The molecule has 0 saturated carbocycles. The third-order valence-corrected chi connectivity index (χ3v) is 3.59. The predicted octanol–water partition coefficient (Wildman–Crippen LogP) is 2.64. The molecule has 1 rings (SSSR count). The van der Waals surface area contributed by atoms with Gasteiger partial charge in [0.1, 0.15) is 0 Å². The van der Waals surface area contributed by atoms with Crippen LogP contribution in [0.5, 0.6) is 0 Å². The van der Waals surface area contributed by atoms with Crippen molar-refractivity contribution in [1.82, 2.24) is 10.2 Å². The van der Waals surface area contributed by atoms with E-state index >= 15 is 0 Å². The van der Waals surface area contributed by atoms with Crippen molar-refractivity contribution in [2.24, 2.45) is 0 Å². The summed E-state index contributed by atoms with van der Waals surface area (Å²) in [5.74, 6) is 0. The molecular weight excluding hydrogens is 184 g/mol. The van der Waals surface area contributed by atoms with Gasteiger partial charge in [-0.2, -0.15) is 0 Å². The summed E-state index contributed by atoms with van der Waals surface area (Å²) in [6.07, 6.45) is 6.96. The topological polar surface area (TPSA) is 15.3 Å². The van der Waals surface area contributed by atoms with Gasteiger partial charge in [-0.25, -0.2) is 0 Å². The van der Waals surface area contributed by atoms with E-state index in [1.807, 2.05) is 0 Å². The highest BCUT2D eigenvalue weighted by molar-refractivity contribution is 4.80. The van der Waals surface area contributed by atoms with Gasteiger partial charge in [0.15, 0.2) is 0 Å². The minimum absolute atomic E-state index is 0.722. The van der Waals surface area contributed by atoms with Gasteiger partial charge in [-0.3, -0.25) is 4.90 Å². The molecule has 1 N–H and O–H groups in total. The maximum Gasteiger partial charge on any atom is 0.0195 e. The van der Waals surface area contributed by atoms with Gasteiger partial charge in [0.25, 0.3) is 0 Å². The van der Waals surface area contributed by atoms with E-state index in [4.69, 9.17) is 0 Å². The lowest BCUT2D eigenvalue weighted by atomic mass is 10.0. The Morgan fingerprint density at radius 2 is 2.13 bits per heavy atom. The molecule has 0 amide bonds. The van der Waals surface area contributed by atoms with E-state index in [1.165, 1.54) is 51.7 Å². The fourth-order valence-corrected chi connectivity index (χ4v) is 2.54. The van der Waals surface area contributed by atoms with Crippen LogP contribution in [0.4, 0.5) is 0 Å². The third kappa shape index (κ3) is 4.52. The molecule has 15 heavy (non-hydrogen) atoms. The zero-order chi connectivity index (χ0) is 11.1. The molecule has 0 bridgehead atoms. The van der Waals surface area contributed by atoms with Crippen LogP contribution in [-0.4, -0.2) is 36.6 Å². The molecule has 0 spiro atoms. The summed E-state index contributed by atoms with van der Waals surface area (Å²) in [5, 5.41) is 3.45. The Labute approximate surface area is 95.4 Å². The highest BCUT2D eigenvalue weighted by Crippen LogP contribution is 2.14. The Hall–Kier alpha value is -0.0800. The first-order valence-corrected chi connectivity index (χ1v) is 6.72. The molecule has 0 unspecified atom stereocenters. The fraction of sp³-hybridized carbons (Fsp3) is 1.00.